The molecule has 19 nitrogen and oxygen atoms in total. The van der Waals surface area contributed by atoms with Gasteiger partial charge in [0.1, 0.15) is 36.0 Å². The maximum absolute atomic E-state index is 13.5. The maximum Gasteiger partial charge on any atom is 0.326 e. The third-order valence-corrected chi connectivity index (χ3v) is 8.66. The molecule has 54 heavy (non-hydrogen) atoms. The van der Waals surface area contributed by atoms with E-state index in [0.29, 0.717) is 37.8 Å². The van der Waals surface area contributed by atoms with Gasteiger partial charge in [-0.1, -0.05) is 52.7 Å². The zero-order valence-electron chi connectivity index (χ0n) is 31.5. The predicted octanol–water partition coefficient (Wildman–Crippen LogP) is -2.91. The van der Waals surface area contributed by atoms with Crippen LogP contribution < -0.4 is 43.4 Å². The number of rotatable bonds is 24. The fourth-order valence-electron chi connectivity index (χ4n) is 5.09. The van der Waals surface area contributed by atoms with Crippen LogP contribution in [0.4, 0.5) is 0 Å². The van der Waals surface area contributed by atoms with Gasteiger partial charge in [-0.2, -0.15) is 0 Å². The van der Waals surface area contributed by atoms with Crippen molar-refractivity contribution in [2.24, 2.45) is 23.3 Å². The van der Waals surface area contributed by atoms with Gasteiger partial charge in [0, 0.05) is 6.42 Å². The van der Waals surface area contributed by atoms with Gasteiger partial charge in [-0.25, -0.2) is 4.79 Å². The number of carboxylic acid groups (broad SMARTS) is 1. The van der Waals surface area contributed by atoms with Gasteiger partial charge < -0.3 is 63.8 Å². The highest BCUT2D eigenvalue weighted by atomic mass is 16.4. The predicted molar refractivity (Wildman–Crippen MR) is 196 cm³/mol. The van der Waals surface area contributed by atoms with Crippen LogP contribution in [0, 0.1) is 11.8 Å². The van der Waals surface area contributed by atoms with Crippen LogP contribution in [0.5, 0.6) is 5.75 Å². The third-order valence-electron chi connectivity index (χ3n) is 8.66. The van der Waals surface area contributed by atoms with E-state index in [-0.39, 0.29) is 12.2 Å². The van der Waals surface area contributed by atoms with Gasteiger partial charge >= 0.3 is 5.97 Å². The Hall–Kier alpha value is -4.85. The Balaban J connectivity index is 3.06. The van der Waals surface area contributed by atoms with E-state index in [1.54, 1.807) is 27.7 Å². The topological polar surface area (TPSA) is 325 Å². The summed E-state index contributed by atoms with van der Waals surface area (Å²) < 4.78 is 0. The molecule has 14 N–H and O–H groups in total. The molecule has 0 spiro atoms. The minimum absolute atomic E-state index is 0.0684. The number of amides is 6. The van der Waals surface area contributed by atoms with E-state index in [9.17, 15) is 54.0 Å². The van der Waals surface area contributed by atoms with Crippen LogP contribution in [0.25, 0.3) is 0 Å². The lowest BCUT2D eigenvalue weighted by atomic mass is 9.98. The molecule has 0 unspecified atom stereocenters. The normalized spacial score (nSPS) is 15.6. The van der Waals surface area contributed by atoms with E-state index in [4.69, 9.17) is 11.5 Å². The van der Waals surface area contributed by atoms with E-state index in [0.717, 1.165) is 0 Å². The number of phenolic OH excluding ortho intramolecular Hbond substituents is 1. The number of aliphatic hydroxyl groups is 2. The number of aromatic hydroxyl groups is 1. The first-order chi connectivity index (χ1) is 25.4. The molecule has 6 amide bonds. The largest absolute Gasteiger partial charge is 0.508 e. The number of unbranched alkanes of at least 4 members (excludes halogenated alkanes) is 1. The van der Waals surface area contributed by atoms with Crippen molar-refractivity contribution in [3.63, 3.8) is 0 Å². The number of carbonyl (C=O) groups is 7. The number of hydrogen-bond acceptors (Lipinski definition) is 12. The van der Waals surface area contributed by atoms with Crippen LogP contribution in [0.15, 0.2) is 24.3 Å². The Bertz CT molecular complexity index is 1410. The molecule has 8 atom stereocenters. The Labute approximate surface area is 314 Å². The second-order valence-corrected chi connectivity index (χ2v) is 13.5. The Morgan fingerprint density at radius 3 is 1.83 bits per heavy atom. The Morgan fingerprint density at radius 1 is 0.741 bits per heavy atom. The zero-order chi connectivity index (χ0) is 41.1. The number of nitrogens with one attached hydrogen (secondary N) is 6. The fraction of sp³-hybridized carbons (Fsp3) is 0.629. The second-order valence-electron chi connectivity index (χ2n) is 13.5. The van der Waals surface area contributed by atoms with E-state index >= 15 is 0 Å². The minimum Gasteiger partial charge on any atom is -0.508 e. The zero-order valence-corrected chi connectivity index (χ0v) is 31.5. The summed E-state index contributed by atoms with van der Waals surface area (Å²) in [5, 5.41) is 53.8. The molecule has 0 radical (unpaired) electrons. The average Bonchev–Trinajstić information content (AvgIpc) is 3.12. The van der Waals surface area contributed by atoms with Crippen LogP contribution >= 0.6 is 0 Å². The molecule has 0 bridgehead atoms. The summed E-state index contributed by atoms with van der Waals surface area (Å²) in [6.45, 7) is 6.70. The summed E-state index contributed by atoms with van der Waals surface area (Å²) in [6.07, 6.45) is 0.367. The molecule has 0 aliphatic heterocycles. The maximum atomic E-state index is 13.5. The molecule has 1 aromatic rings. The van der Waals surface area contributed by atoms with Crippen molar-refractivity contribution in [3.8, 4) is 5.75 Å². The number of hydrogen-bond donors (Lipinski definition) is 12. The first kappa shape index (κ1) is 47.2. The Kier molecular flexibility index (Phi) is 20.7. The summed E-state index contributed by atoms with van der Waals surface area (Å²) in [4.78, 5) is 90.0. The van der Waals surface area contributed by atoms with Gasteiger partial charge in [-0.05, 0) is 55.8 Å². The van der Waals surface area contributed by atoms with Gasteiger partial charge in [0.2, 0.25) is 35.4 Å². The van der Waals surface area contributed by atoms with Gasteiger partial charge in [-0.15, -0.1) is 0 Å². The number of aliphatic carboxylic acids is 1. The van der Waals surface area contributed by atoms with Crippen molar-refractivity contribution >= 4 is 41.4 Å². The van der Waals surface area contributed by atoms with Crippen LogP contribution in [0.3, 0.4) is 0 Å². The number of nitrogens with two attached hydrogens (primary N) is 2. The van der Waals surface area contributed by atoms with Crippen molar-refractivity contribution < 1.29 is 54.0 Å². The highest BCUT2D eigenvalue weighted by Crippen LogP contribution is 2.13. The summed E-state index contributed by atoms with van der Waals surface area (Å²) in [5.74, 6) is -7.45. The summed E-state index contributed by atoms with van der Waals surface area (Å²) >= 11 is 0. The van der Waals surface area contributed by atoms with Crippen molar-refractivity contribution in [2.45, 2.75) is 109 Å². The molecule has 1 rings (SSSR count). The molecular formula is C35H58N8O11. The molecule has 0 aromatic heterocycles. The number of benzene rings is 1. The Morgan fingerprint density at radius 2 is 1.31 bits per heavy atom. The van der Waals surface area contributed by atoms with Gasteiger partial charge in [0.25, 0.3) is 0 Å². The second kappa shape index (κ2) is 23.7. The van der Waals surface area contributed by atoms with Crippen LogP contribution in [-0.2, 0) is 40.0 Å². The lowest BCUT2D eigenvalue weighted by Gasteiger charge is -2.27. The number of carboxylic acids is 1. The average molecular weight is 767 g/mol. The highest BCUT2D eigenvalue weighted by Gasteiger charge is 2.34. The smallest absolute Gasteiger partial charge is 0.326 e. The molecule has 304 valence electrons. The first-order valence-electron chi connectivity index (χ1n) is 17.9. The molecule has 0 fully saturated rings. The monoisotopic (exact) mass is 766 g/mol. The number of carbonyl (C=O) groups excluding carboxylic acids is 6. The standard InChI is InChI=1S/C35H58N8O11/c1-6-19(4)28(35(53)54)42-34(52)29(20(5)45)43-32(50)24(15-21-10-12-22(46)13-11-21)39-26(47)16-38-31(49)25(17-44)40-33(51)27(18(2)3)41-30(48)23(37)9-7-8-14-36/h10-13,18-20,23-25,27-29,44-46H,6-9,14-17,36-37H2,1-5H3,(H,38,49)(H,39,47)(H,40,51)(H,41,48)(H,42,52)(H,43,50)(H,53,54)/t19-,20+,23-,24-,25-,27-,28-,29-/m0/s1. The third kappa shape index (κ3) is 16.0. The fourth-order valence-corrected chi connectivity index (χ4v) is 5.09. The molecule has 0 aliphatic carbocycles. The van der Waals surface area contributed by atoms with Crippen molar-refractivity contribution in [1.29, 1.82) is 0 Å². The quantitative estimate of drug-likeness (QED) is 0.0470. The molecule has 0 aliphatic rings. The van der Waals surface area contributed by atoms with E-state index in [1.807, 2.05) is 0 Å². The van der Waals surface area contributed by atoms with Crippen LogP contribution in [-0.4, -0.2) is 124 Å². The highest BCUT2D eigenvalue weighted by molar-refractivity contribution is 5.96. The lowest BCUT2D eigenvalue weighted by molar-refractivity contribution is -0.144. The van der Waals surface area contributed by atoms with Crippen molar-refractivity contribution in [3.05, 3.63) is 29.8 Å². The van der Waals surface area contributed by atoms with Gasteiger partial charge in [-0.3, -0.25) is 28.8 Å². The molecular weight excluding hydrogens is 708 g/mol. The lowest BCUT2D eigenvalue weighted by Crippen LogP contribution is -2.60. The van der Waals surface area contributed by atoms with Crippen LogP contribution in [0.1, 0.15) is 65.9 Å². The summed E-state index contributed by atoms with van der Waals surface area (Å²) in [6, 6.07) is -2.25. The first-order valence-corrected chi connectivity index (χ1v) is 17.9. The minimum atomic E-state index is -1.62. The number of aliphatic hydroxyl groups excluding tert-OH is 2. The molecule has 0 saturated heterocycles. The molecule has 1 aromatic carbocycles. The molecule has 0 heterocycles. The number of phenols is 1. The van der Waals surface area contributed by atoms with E-state index in [2.05, 4.69) is 31.9 Å². The van der Waals surface area contributed by atoms with Gasteiger partial charge in [0.05, 0.1) is 25.3 Å². The van der Waals surface area contributed by atoms with E-state index in [1.165, 1.54) is 31.2 Å². The van der Waals surface area contributed by atoms with Crippen molar-refractivity contribution in [2.75, 3.05) is 19.7 Å². The van der Waals surface area contributed by atoms with E-state index < -0.39 is 109 Å². The van der Waals surface area contributed by atoms with Gasteiger partial charge in [0.15, 0.2) is 0 Å². The molecule has 0 saturated carbocycles. The summed E-state index contributed by atoms with van der Waals surface area (Å²) in [5.41, 5.74) is 11.9. The SMILES string of the molecule is CC[C@H](C)[C@H](NC(=O)[C@@H](NC(=O)[C@H](Cc1ccc(O)cc1)NC(=O)CNC(=O)[C@H](CO)NC(=O)[C@@H](NC(=O)[C@@H](N)CCCCN)C(C)C)[C@@H](C)O)C(=O)O. The van der Waals surface area contributed by atoms with Crippen molar-refractivity contribution in [1.82, 2.24) is 31.9 Å². The summed E-state index contributed by atoms with van der Waals surface area (Å²) in [7, 11) is 0. The van der Waals surface area contributed by atoms with Crippen LogP contribution in [0.2, 0.25) is 0 Å². The molecule has 19 heteroatoms.